The van der Waals surface area contributed by atoms with Crippen LogP contribution in [0.15, 0.2) is 60.7 Å². The van der Waals surface area contributed by atoms with Gasteiger partial charge in [-0.15, -0.1) is 5.06 Å². The van der Waals surface area contributed by atoms with Crippen LogP contribution in [0.3, 0.4) is 0 Å². The van der Waals surface area contributed by atoms with E-state index >= 15 is 0 Å². The van der Waals surface area contributed by atoms with Crippen LogP contribution in [-0.4, -0.2) is 36.3 Å². The van der Waals surface area contributed by atoms with Crippen molar-refractivity contribution in [3.8, 4) is 5.75 Å². The molecule has 1 heterocycles. The lowest BCUT2D eigenvalue weighted by Gasteiger charge is -2.30. The molecule has 0 atom stereocenters. The molecule has 1 saturated heterocycles. The minimum atomic E-state index is -0.467. The predicted molar refractivity (Wildman–Crippen MR) is 92.1 cm³/mol. The van der Waals surface area contributed by atoms with Crippen LogP contribution in [0, 0.1) is 0 Å². The van der Waals surface area contributed by atoms with E-state index in [2.05, 4.69) is 5.32 Å². The monoisotopic (exact) mass is 340 g/mol. The highest BCUT2D eigenvalue weighted by molar-refractivity contribution is 5.89. The van der Waals surface area contributed by atoms with E-state index in [1.807, 2.05) is 24.3 Å². The smallest absolute Gasteiger partial charge is 0.410 e. The van der Waals surface area contributed by atoms with Gasteiger partial charge in [0.15, 0.2) is 0 Å². The van der Waals surface area contributed by atoms with Crippen molar-refractivity contribution in [2.24, 2.45) is 0 Å². The summed E-state index contributed by atoms with van der Waals surface area (Å²) in [6.45, 7) is 1.13. The Hall–Kier alpha value is -2.86. The lowest BCUT2D eigenvalue weighted by atomic mass is 10.1. The molecule has 0 unspecified atom stereocenters. The van der Waals surface area contributed by atoms with Crippen LogP contribution < -0.4 is 10.1 Å². The number of ether oxygens (including phenoxy) is 1. The summed E-state index contributed by atoms with van der Waals surface area (Å²) in [5, 5.41) is 4.48. The van der Waals surface area contributed by atoms with Crippen molar-refractivity contribution in [2.45, 2.75) is 18.9 Å². The maximum absolute atomic E-state index is 12.0. The Kier molecular flexibility index (Phi) is 5.64. The third kappa shape index (κ3) is 5.06. The molecule has 1 aliphatic heterocycles. The van der Waals surface area contributed by atoms with Gasteiger partial charge in [0, 0.05) is 19.1 Å². The van der Waals surface area contributed by atoms with Crippen LogP contribution in [0.5, 0.6) is 5.75 Å². The van der Waals surface area contributed by atoms with E-state index in [0.717, 1.165) is 0 Å². The first-order valence-corrected chi connectivity index (χ1v) is 8.26. The molecule has 1 aliphatic rings. The van der Waals surface area contributed by atoms with Gasteiger partial charge in [-0.05, 0) is 37.1 Å². The summed E-state index contributed by atoms with van der Waals surface area (Å²) in [6.07, 6.45) is 0.906. The van der Waals surface area contributed by atoms with Crippen LogP contribution in [0.4, 0.5) is 4.79 Å². The highest BCUT2D eigenvalue weighted by atomic mass is 16.7. The molecule has 130 valence electrons. The van der Waals surface area contributed by atoms with Crippen LogP contribution in [-0.2, 0) is 4.84 Å². The van der Waals surface area contributed by atoms with E-state index in [0.29, 0.717) is 37.2 Å². The second kappa shape index (κ2) is 8.30. The maximum atomic E-state index is 12.0. The van der Waals surface area contributed by atoms with Gasteiger partial charge in [-0.25, -0.2) is 9.59 Å². The zero-order valence-corrected chi connectivity index (χ0v) is 13.8. The second-order valence-corrected chi connectivity index (χ2v) is 5.79. The molecule has 25 heavy (non-hydrogen) atoms. The molecule has 1 amide bonds. The molecule has 0 aliphatic carbocycles. The van der Waals surface area contributed by atoms with Gasteiger partial charge in [0.05, 0.1) is 5.56 Å². The summed E-state index contributed by atoms with van der Waals surface area (Å²) in [4.78, 5) is 29.3. The third-order valence-electron chi connectivity index (χ3n) is 3.95. The fourth-order valence-corrected chi connectivity index (χ4v) is 2.63. The number of carbonyl (C=O) groups is 2. The van der Waals surface area contributed by atoms with Crippen molar-refractivity contribution < 1.29 is 19.2 Å². The van der Waals surface area contributed by atoms with Crippen molar-refractivity contribution in [3.63, 3.8) is 0 Å². The summed E-state index contributed by atoms with van der Waals surface area (Å²) >= 11 is 0. The standard InChI is InChI=1S/C19H20N2O4/c22-18(15-7-3-1-4-8-15)25-21-13-11-16(12-14-21)20-19(23)24-17-9-5-2-6-10-17/h1-10,16H,11-14H2,(H,20,23). The normalized spacial score (nSPS) is 15.4. The van der Waals surface area contributed by atoms with Gasteiger partial charge in [-0.1, -0.05) is 36.4 Å². The Balaban J connectivity index is 1.41. The molecule has 0 spiro atoms. The van der Waals surface area contributed by atoms with Crippen molar-refractivity contribution >= 4 is 12.1 Å². The number of piperidine rings is 1. The van der Waals surface area contributed by atoms with E-state index < -0.39 is 6.09 Å². The lowest BCUT2D eigenvalue weighted by Crippen LogP contribution is -2.45. The third-order valence-corrected chi connectivity index (χ3v) is 3.95. The van der Waals surface area contributed by atoms with Crippen LogP contribution in [0.25, 0.3) is 0 Å². The number of nitrogens with one attached hydrogen (secondary N) is 1. The van der Waals surface area contributed by atoms with Crippen LogP contribution in [0.2, 0.25) is 0 Å². The fraction of sp³-hybridized carbons (Fsp3) is 0.263. The summed E-state index contributed by atoms with van der Waals surface area (Å²) in [7, 11) is 0. The molecule has 6 heteroatoms. The van der Waals surface area contributed by atoms with E-state index in [9.17, 15) is 9.59 Å². The summed E-state index contributed by atoms with van der Waals surface area (Å²) in [6, 6.07) is 17.8. The van der Waals surface area contributed by atoms with Gasteiger partial charge in [-0.2, -0.15) is 0 Å². The topological polar surface area (TPSA) is 67.9 Å². The van der Waals surface area contributed by atoms with E-state index in [1.54, 1.807) is 41.5 Å². The molecule has 6 nitrogen and oxygen atoms in total. The molecule has 1 fully saturated rings. The Labute approximate surface area is 146 Å². The fourth-order valence-electron chi connectivity index (χ4n) is 2.63. The molecule has 1 N–H and O–H groups in total. The van der Waals surface area contributed by atoms with E-state index in [-0.39, 0.29) is 12.0 Å². The molecule has 2 aromatic carbocycles. The quantitative estimate of drug-likeness (QED) is 0.927. The molecule has 0 aromatic heterocycles. The number of hydrogen-bond donors (Lipinski definition) is 1. The van der Waals surface area contributed by atoms with Gasteiger partial charge in [0.1, 0.15) is 5.75 Å². The van der Waals surface area contributed by atoms with E-state index in [4.69, 9.17) is 9.57 Å². The van der Waals surface area contributed by atoms with Crippen molar-refractivity contribution in [3.05, 3.63) is 66.2 Å². The molecular formula is C19H20N2O4. The number of nitrogens with zero attached hydrogens (tertiary/aromatic N) is 1. The molecule has 3 rings (SSSR count). The molecular weight excluding hydrogens is 320 g/mol. The molecule has 0 bridgehead atoms. The first kappa shape index (κ1) is 17.0. The highest BCUT2D eigenvalue weighted by Gasteiger charge is 2.24. The first-order valence-electron chi connectivity index (χ1n) is 8.26. The number of benzene rings is 2. The number of amides is 1. The van der Waals surface area contributed by atoms with Crippen molar-refractivity contribution in [1.82, 2.24) is 10.4 Å². The van der Waals surface area contributed by atoms with Crippen LogP contribution in [0.1, 0.15) is 23.2 Å². The Bertz CT molecular complexity index is 698. The Morgan fingerprint density at radius 2 is 1.52 bits per heavy atom. The van der Waals surface area contributed by atoms with Gasteiger partial charge in [0.2, 0.25) is 0 Å². The Morgan fingerprint density at radius 3 is 2.16 bits per heavy atom. The largest absolute Gasteiger partial charge is 0.412 e. The van der Waals surface area contributed by atoms with Gasteiger partial charge >= 0.3 is 12.1 Å². The average molecular weight is 340 g/mol. The van der Waals surface area contributed by atoms with Gasteiger partial charge in [0.25, 0.3) is 0 Å². The number of rotatable bonds is 4. The second-order valence-electron chi connectivity index (χ2n) is 5.79. The van der Waals surface area contributed by atoms with Gasteiger partial charge < -0.3 is 14.9 Å². The number of hydrogen-bond acceptors (Lipinski definition) is 5. The number of hydroxylamine groups is 2. The minimum Gasteiger partial charge on any atom is -0.410 e. The molecule has 2 aromatic rings. The number of para-hydroxylation sites is 1. The summed E-state index contributed by atoms with van der Waals surface area (Å²) < 4.78 is 5.22. The molecule has 0 saturated carbocycles. The zero-order valence-electron chi connectivity index (χ0n) is 13.8. The lowest BCUT2D eigenvalue weighted by molar-refractivity contribution is -0.122. The maximum Gasteiger partial charge on any atom is 0.412 e. The summed E-state index contributed by atoms with van der Waals surface area (Å²) in [5.41, 5.74) is 0.522. The first-order chi connectivity index (χ1) is 12.2. The average Bonchev–Trinajstić information content (AvgIpc) is 2.65. The van der Waals surface area contributed by atoms with E-state index in [1.165, 1.54) is 0 Å². The van der Waals surface area contributed by atoms with Crippen molar-refractivity contribution in [2.75, 3.05) is 13.1 Å². The zero-order chi connectivity index (χ0) is 17.5. The predicted octanol–water partition coefficient (Wildman–Crippen LogP) is 3.01. The van der Waals surface area contributed by atoms with Crippen LogP contribution >= 0.6 is 0 Å². The Morgan fingerprint density at radius 1 is 0.920 bits per heavy atom. The summed E-state index contributed by atoms with van der Waals surface area (Å²) in [5.74, 6) is 0.143. The molecule has 0 radical (unpaired) electrons. The number of carbonyl (C=O) groups excluding carboxylic acids is 2. The van der Waals surface area contributed by atoms with Crippen molar-refractivity contribution in [1.29, 1.82) is 0 Å². The minimum absolute atomic E-state index is 0.00268. The van der Waals surface area contributed by atoms with Gasteiger partial charge in [-0.3, -0.25) is 0 Å². The SMILES string of the molecule is O=C(NC1CCN(OC(=O)c2ccccc2)CC1)Oc1ccccc1. The highest BCUT2D eigenvalue weighted by Crippen LogP contribution is 2.14.